The summed E-state index contributed by atoms with van der Waals surface area (Å²) in [5.74, 6) is 0. The van der Waals surface area contributed by atoms with Gasteiger partial charge in [-0.05, 0) is 34.9 Å². The largest absolute Gasteiger partial charge is 0.340 e. The Morgan fingerprint density at radius 3 is 2.50 bits per heavy atom. The second-order valence-electron chi connectivity index (χ2n) is 3.32. The second-order valence-corrected chi connectivity index (χ2v) is 4.08. The normalized spacial score (nSPS) is 15.9. The summed E-state index contributed by atoms with van der Waals surface area (Å²) >= 11 is 11.1. The molecule has 84 valence electrons. The lowest BCUT2D eigenvalue weighted by Gasteiger charge is -2.23. The third-order valence-electron chi connectivity index (χ3n) is 2.29. The van der Waals surface area contributed by atoms with Crippen LogP contribution in [0.1, 0.15) is 5.56 Å². The lowest BCUT2D eigenvalue weighted by molar-refractivity contribution is -0.0914. The van der Waals surface area contributed by atoms with Gasteiger partial charge < -0.3 is 0 Å². The number of carbonyl (C=O) groups excluding carboxylic acids is 1. The second kappa shape index (κ2) is 4.87. The first kappa shape index (κ1) is 11.5. The van der Waals surface area contributed by atoms with Crippen LogP contribution in [0.5, 0.6) is 0 Å². The molecule has 1 amide bonds. The number of benzene rings is 1. The van der Waals surface area contributed by atoms with Gasteiger partial charge >= 0.3 is 5.37 Å². The zero-order chi connectivity index (χ0) is 11.5. The molecule has 0 saturated carbocycles. The van der Waals surface area contributed by atoms with Crippen molar-refractivity contribution in [2.45, 2.75) is 0 Å². The van der Waals surface area contributed by atoms with Crippen molar-refractivity contribution in [3.05, 3.63) is 40.9 Å². The summed E-state index contributed by atoms with van der Waals surface area (Å²) in [6.07, 6.45) is 1.91. The van der Waals surface area contributed by atoms with E-state index in [-0.39, 0.29) is 0 Å². The van der Waals surface area contributed by atoms with Gasteiger partial charge in [-0.3, -0.25) is 9.63 Å². The molecule has 1 aliphatic heterocycles. The van der Waals surface area contributed by atoms with Crippen LogP contribution in [0.4, 0.5) is 4.79 Å². The molecule has 0 aliphatic carbocycles. The van der Waals surface area contributed by atoms with Crippen molar-refractivity contribution in [3.63, 3.8) is 0 Å². The maximum absolute atomic E-state index is 10.8. The van der Waals surface area contributed by atoms with E-state index in [2.05, 4.69) is 0 Å². The van der Waals surface area contributed by atoms with Crippen LogP contribution >= 0.6 is 23.2 Å². The molecule has 0 unspecified atom stereocenters. The fourth-order valence-electron chi connectivity index (χ4n) is 1.44. The summed E-state index contributed by atoms with van der Waals surface area (Å²) in [6.45, 7) is 0.695. The minimum Gasteiger partial charge on any atom is -0.265 e. The van der Waals surface area contributed by atoms with Crippen LogP contribution in [0.15, 0.2) is 30.3 Å². The highest BCUT2D eigenvalue weighted by Crippen LogP contribution is 2.21. The van der Waals surface area contributed by atoms with Crippen LogP contribution in [-0.4, -0.2) is 23.6 Å². The van der Waals surface area contributed by atoms with Crippen LogP contribution in [0, 0.1) is 0 Å². The molecule has 0 aromatic heterocycles. The fourth-order valence-corrected chi connectivity index (χ4v) is 1.68. The average Bonchev–Trinajstić information content (AvgIpc) is 2.30. The van der Waals surface area contributed by atoms with Gasteiger partial charge in [-0.25, -0.2) is 5.06 Å². The first-order valence-corrected chi connectivity index (χ1v) is 5.47. The minimum atomic E-state index is -0.605. The Morgan fingerprint density at radius 1 is 1.31 bits per heavy atom. The molecule has 0 spiro atoms. The van der Waals surface area contributed by atoms with Gasteiger partial charge in [-0.1, -0.05) is 29.8 Å². The number of halogens is 2. The maximum Gasteiger partial charge on any atom is 0.340 e. The monoisotopic (exact) mass is 257 g/mol. The Hall–Kier alpha value is -1.03. The first-order valence-electron chi connectivity index (χ1n) is 4.72. The Balaban J connectivity index is 2.13. The van der Waals surface area contributed by atoms with E-state index >= 15 is 0 Å². The van der Waals surface area contributed by atoms with Gasteiger partial charge in [0.15, 0.2) is 0 Å². The highest BCUT2D eigenvalue weighted by atomic mass is 35.5. The van der Waals surface area contributed by atoms with Gasteiger partial charge in [0, 0.05) is 5.02 Å². The van der Waals surface area contributed by atoms with Crippen molar-refractivity contribution in [2.24, 2.45) is 0 Å². The number of rotatable bonds is 1. The van der Waals surface area contributed by atoms with Crippen molar-refractivity contribution in [3.8, 4) is 0 Å². The van der Waals surface area contributed by atoms with Crippen LogP contribution in [-0.2, 0) is 4.84 Å². The van der Waals surface area contributed by atoms with E-state index in [0.717, 1.165) is 16.2 Å². The van der Waals surface area contributed by atoms with Crippen LogP contribution < -0.4 is 0 Å². The molecule has 1 aromatic carbocycles. The highest BCUT2D eigenvalue weighted by Gasteiger charge is 2.16. The number of hydrogen-bond acceptors (Lipinski definition) is 2. The molecule has 16 heavy (non-hydrogen) atoms. The van der Waals surface area contributed by atoms with Gasteiger partial charge in [0.25, 0.3) is 0 Å². The number of hydroxylamine groups is 2. The van der Waals surface area contributed by atoms with Crippen molar-refractivity contribution in [1.82, 2.24) is 5.06 Å². The lowest BCUT2D eigenvalue weighted by Crippen LogP contribution is -2.30. The molecule has 1 aliphatic rings. The third-order valence-corrected chi connectivity index (χ3v) is 2.73. The molecule has 0 N–H and O–H groups in total. The lowest BCUT2D eigenvalue weighted by atomic mass is 10.1. The molecular formula is C11H9Cl2NO2. The molecular weight excluding hydrogens is 249 g/mol. The summed E-state index contributed by atoms with van der Waals surface area (Å²) in [5, 5.41) is 1.20. The van der Waals surface area contributed by atoms with E-state index in [1.165, 1.54) is 0 Å². The van der Waals surface area contributed by atoms with Crippen molar-refractivity contribution in [1.29, 1.82) is 0 Å². The molecule has 0 radical (unpaired) electrons. The first-order chi connectivity index (χ1) is 7.66. The Morgan fingerprint density at radius 2 is 2.00 bits per heavy atom. The van der Waals surface area contributed by atoms with Crippen LogP contribution in [0.2, 0.25) is 5.02 Å². The SMILES string of the molecule is O=C(Cl)N1CC=C(c2ccc(Cl)cc2)CO1. The molecule has 0 bridgehead atoms. The van der Waals surface area contributed by atoms with E-state index in [0.29, 0.717) is 18.2 Å². The molecule has 1 heterocycles. The summed E-state index contributed by atoms with van der Waals surface area (Å²) in [4.78, 5) is 16.0. The number of hydrogen-bond donors (Lipinski definition) is 0. The number of carbonyl (C=O) groups is 1. The molecule has 0 fully saturated rings. The molecule has 1 aromatic rings. The highest BCUT2D eigenvalue weighted by molar-refractivity contribution is 6.62. The van der Waals surface area contributed by atoms with E-state index in [1.807, 2.05) is 30.3 Å². The zero-order valence-corrected chi connectivity index (χ0v) is 9.83. The fraction of sp³-hybridized carbons (Fsp3) is 0.182. The topological polar surface area (TPSA) is 29.5 Å². The number of nitrogens with zero attached hydrogens (tertiary/aromatic N) is 1. The third kappa shape index (κ3) is 2.55. The van der Waals surface area contributed by atoms with Crippen LogP contribution in [0.3, 0.4) is 0 Å². The Labute approximate surface area is 103 Å². The predicted octanol–water partition coefficient (Wildman–Crippen LogP) is 3.33. The summed E-state index contributed by atoms with van der Waals surface area (Å²) in [6, 6.07) is 7.46. The van der Waals surface area contributed by atoms with Crippen molar-refractivity contribution in [2.75, 3.05) is 13.2 Å². The summed E-state index contributed by atoms with van der Waals surface area (Å²) < 4.78 is 0. The van der Waals surface area contributed by atoms with Crippen molar-refractivity contribution < 1.29 is 9.63 Å². The van der Waals surface area contributed by atoms with Gasteiger partial charge in [0.2, 0.25) is 0 Å². The molecule has 3 nitrogen and oxygen atoms in total. The predicted molar refractivity (Wildman–Crippen MR) is 63.3 cm³/mol. The van der Waals surface area contributed by atoms with Gasteiger partial charge in [-0.2, -0.15) is 0 Å². The molecule has 0 saturated heterocycles. The van der Waals surface area contributed by atoms with Gasteiger partial charge in [-0.15, -0.1) is 0 Å². The minimum absolute atomic E-state index is 0.333. The smallest absolute Gasteiger partial charge is 0.265 e. The quantitative estimate of drug-likeness (QED) is 0.571. The standard InChI is InChI=1S/C11H9Cl2NO2/c12-10-3-1-8(2-4-10)9-5-6-14(11(13)15)16-7-9/h1-5H,6-7H2. The molecule has 2 rings (SSSR count). The van der Waals surface area contributed by atoms with Crippen LogP contribution in [0.25, 0.3) is 5.57 Å². The Kier molecular flexibility index (Phi) is 3.49. The van der Waals surface area contributed by atoms with Gasteiger partial charge in [0.05, 0.1) is 6.54 Å². The van der Waals surface area contributed by atoms with Crippen molar-refractivity contribution >= 4 is 34.1 Å². The molecule has 0 atom stereocenters. The van der Waals surface area contributed by atoms with Gasteiger partial charge in [0.1, 0.15) is 6.61 Å². The Bertz CT molecular complexity index is 428. The number of amides is 1. The van der Waals surface area contributed by atoms with E-state index in [9.17, 15) is 4.79 Å². The average molecular weight is 258 g/mol. The van der Waals surface area contributed by atoms with E-state index in [4.69, 9.17) is 28.0 Å². The zero-order valence-electron chi connectivity index (χ0n) is 8.32. The summed E-state index contributed by atoms with van der Waals surface area (Å²) in [7, 11) is 0. The van der Waals surface area contributed by atoms with E-state index < -0.39 is 5.37 Å². The van der Waals surface area contributed by atoms with E-state index in [1.54, 1.807) is 0 Å². The molecule has 5 heteroatoms. The maximum atomic E-state index is 10.8. The summed E-state index contributed by atoms with van der Waals surface area (Å²) in [5.41, 5.74) is 2.05.